The van der Waals surface area contributed by atoms with Crippen LogP contribution in [-0.2, 0) is 0 Å². The zero-order chi connectivity index (χ0) is 16.6. The lowest BCUT2D eigenvalue weighted by Gasteiger charge is -2.05. The van der Waals surface area contributed by atoms with Crippen LogP contribution >= 0.6 is 0 Å². The molecule has 0 saturated carbocycles. The second-order valence-electron chi connectivity index (χ2n) is 6.50. The molecule has 0 heteroatoms. The molecule has 0 aliphatic rings. The van der Waals surface area contributed by atoms with Gasteiger partial charge in [0.15, 0.2) is 0 Å². The summed E-state index contributed by atoms with van der Waals surface area (Å²) in [5.41, 5.74) is 11.4. The topological polar surface area (TPSA) is 0 Å². The van der Waals surface area contributed by atoms with Gasteiger partial charge in [-0.05, 0) is 105 Å². The first-order chi connectivity index (χ1) is 8.93. The van der Waals surface area contributed by atoms with Gasteiger partial charge in [0.25, 0.3) is 0 Å². The third kappa shape index (κ3) is 27.2. The van der Waals surface area contributed by atoms with Crippen molar-refractivity contribution in [1.29, 1.82) is 0 Å². The van der Waals surface area contributed by atoms with E-state index in [2.05, 4.69) is 83.1 Å². The van der Waals surface area contributed by atoms with Gasteiger partial charge in [-0.15, -0.1) is 0 Å². The minimum Gasteiger partial charge on any atom is -0.0776 e. The van der Waals surface area contributed by atoms with Gasteiger partial charge in [-0.1, -0.05) is 81.7 Å². The maximum Gasteiger partial charge on any atom is -0.0396 e. The van der Waals surface area contributed by atoms with E-state index in [0.717, 1.165) is 0 Å². The fourth-order valence-electron chi connectivity index (χ4n) is 1.50. The lowest BCUT2D eigenvalue weighted by molar-refractivity contribution is 1.17. The Morgan fingerprint density at radius 1 is 0.214 bits per heavy atom. The zero-order valence-corrected chi connectivity index (χ0v) is 16.0. The summed E-state index contributed by atoms with van der Waals surface area (Å²) in [6, 6.07) is 0. The van der Waals surface area contributed by atoms with Crippen molar-refractivity contribution in [2.75, 3.05) is 0 Å². The molecule has 0 bridgehead atoms. The Labute approximate surface area is 187 Å². The molecule has 0 aliphatic heterocycles. The molecule has 0 rings (SSSR count). The molecule has 0 heterocycles. The average molecular weight is 405 g/mol. The number of hydrogen-bond donors (Lipinski definition) is 0. The van der Waals surface area contributed by atoms with Crippen molar-refractivity contribution in [3.8, 4) is 0 Å². The van der Waals surface area contributed by atoms with Crippen LogP contribution in [0, 0.1) is 0 Å². The molecule has 0 fully saturated rings. The summed E-state index contributed by atoms with van der Waals surface area (Å²) >= 11 is 0. The fourth-order valence-corrected chi connectivity index (χ4v) is 1.50. The highest BCUT2D eigenvalue weighted by molar-refractivity contribution is 5.33. The first-order valence-corrected chi connectivity index (χ1v) is 7.50. The van der Waals surface area contributed by atoms with E-state index in [1.807, 2.05) is 0 Å². The van der Waals surface area contributed by atoms with E-state index in [0.29, 0.717) is 0 Å². The van der Waals surface area contributed by atoms with Crippen LogP contribution in [0.1, 0.15) is 142 Å². The maximum atomic E-state index is 2.18. The summed E-state index contributed by atoms with van der Waals surface area (Å²) in [5, 5.41) is 0. The molecular formula is C28H68. The van der Waals surface area contributed by atoms with Crippen LogP contribution in [0.4, 0.5) is 0 Å². The lowest BCUT2D eigenvalue weighted by Crippen LogP contribution is -1.85. The van der Waals surface area contributed by atoms with Crippen molar-refractivity contribution in [2.45, 2.75) is 142 Å². The molecule has 0 aliphatic carbocycles. The highest BCUT2D eigenvalue weighted by Gasteiger charge is 1.96. The van der Waals surface area contributed by atoms with Crippen LogP contribution in [-0.4, -0.2) is 0 Å². The number of rotatable bonds is 2. The van der Waals surface area contributed by atoms with Gasteiger partial charge in [-0.3, -0.25) is 0 Å². The summed E-state index contributed by atoms with van der Waals surface area (Å²) in [5.74, 6) is 0. The van der Waals surface area contributed by atoms with Crippen molar-refractivity contribution in [3.63, 3.8) is 0 Å². The quantitative estimate of drug-likeness (QED) is 0.401. The van der Waals surface area contributed by atoms with Crippen LogP contribution < -0.4 is 0 Å². The highest BCUT2D eigenvalue weighted by Crippen LogP contribution is 2.17. The van der Waals surface area contributed by atoms with Gasteiger partial charge in [0.2, 0.25) is 0 Å². The summed E-state index contributed by atoms with van der Waals surface area (Å²) < 4.78 is 0. The molecular weight excluding hydrogens is 336 g/mol. The number of hydrogen-bond acceptors (Lipinski definition) is 0. The van der Waals surface area contributed by atoms with Crippen molar-refractivity contribution >= 4 is 0 Å². The molecule has 0 aromatic carbocycles. The van der Waals surface area contributed by atoms with E-state index in [-0.39, 0.29) is 59.4 Å². The van der Waals surface area contributed by atoms with E-state index in [4.69, 9.17) is 0 Å². The predicted molar refractivity (Wildman–Crippen MR) is 150 cm³/mol. The van der Waals surface area contributed by atoms with Gasteiger partial charge in [0, 0.05) is 0 Å². The Hall–Kier alpha value is -1.04. The van der Waals surface area contributed by atoms with Crippen molar-refractivity contribution in [2.24, 2.45) is 0 Å². The Kier molecular flexibility index (Phi) is 69.2. The van der Waals surface area contributed by atoms with Crippen LogP contribution in [0.25, 0.3) is 0 Å². The van der Waals surface area contributed by atoms with Gasteiger partial charge in [0.1, 0.15) is 0 Å². The normalized spacial score (nSPS) is 6.43. The summed E-state index contributed by atoms with van der Waals surface area (Å²) in [6.45, 7) is 25.9. The second-order valence-corrected chi connectivity index (χ2v) is 6.50. The molecule has 0 N–H and O–H groups in total. The molecule has 0 aromatic heterocycles. The van der Waals surface area contributed by atoms with E-state index >= 15 is 0 Å². The van der Waals surface area contributed by atoms with E-state index < -0.39 is 0 Å². The molecule has 0 spiro atoms. The van der Waals surface area contributed by atoms with Crippen LogP contribution in [0.5, 0.6) is 0 Å². The maximum absolute atomic E-state index is 2.18. The van der Waals surface area contributed by atoms with Gasteiger partial charge in [0.05, 0.1) is 0 Å². The van der Waals surface area contributed by atoms with Crippen LogP contribution in [0.2, 0.25) is 0 Å². The second kappa shape index (κ2) is 30.7. The third-order valence-corrected chi connectivity index (χ3v) is 4.12. The third-order valence-electron chi connectivity index (χ3n) is 4.12. The van der Waals surface area contributed by atoms with Gasteiger partial charge < -0.3 is 0 Å². The average Bonchev–Trinajstić information content (AvgIpc) is 2.35. The molecule has 0 nitrogen and oxygen atoms in total. The first-order valence-electron chi connectivity index (χ1n) is 7.50. The minimum atomic E-state index is 0. The monoisotopic (exact) mass is 405 g/mol. The van der Waals surface area contributed by atoms with Crippen LogP contribution in [0.15, 0.2) is 44.6 Å². The Bertz CT molecular complexity index is 344. The van der Waals surface area contributed by atoms with Crippen molar-refractivity contribution in [3.05, 3.63) is 44.6 Å². The smallest absolute Gasteiger partial charge is 0.0396 e. The van der Waals surface area contributed by atoms with Crippen molar-refractivity contribution in [1.82, 2.24) is 0 Å². The molecule has 0 amide bonds. The SMILES string of the molecule is C.C.C.C.C.C.C.C.CC(C)=C(C)C(C)=C(C)C.CC(C)=C(C)C(C)=C(C)C. The largest absolute Gasteiger partial charge is 0.0776 e. The van der Waals surface area contributed by atoms with E-state index in [1.54, 1.807) is 0 Å². The minimum absolute atomic E-state index is 0. The van der Waals surface area contributed by atoms with Crippen molar-refractivity contribution < 1.29 is 0 Å². The van der Waals surface area contributed by atoms with Gasteiger partial charge in [-0.2, -0.15) is 0 Å². The molecule has 0 saturated heterocycles. The molecule has 28 heavy (non-hydrogen) atoms. The molecule has 0 radical (unpaired) electrons. The zero-order valence-electron chi connectivity index (χ0n) is 16.0. The summed E-state index contributed by atoms with van der Waals surface area (Å²) in [4.78, 5) is 0. The standard InChI is InChI=1S/2C10H18.8CH4/c2*1-7(2)9(5)10(6)8(3)4;;;;;;;;/h2*1-6H3;8*1H4. The predicted octanol–water partition coefficient (Wildman–Crippen LogP) is 12.5. The first kappa shape index (κ1) is 63.2. The Morgan fingerprint density at radius 2 is 0.286 bits per heavy atom. The highest BCUT2D eigenvalue weighted by atomic mass is 14.0. The fraction of sp³-hybridized carbons (Fsp3) is 0.714. The summed E-state index contributed by atoms with van der Waals surface area (Å²) in [7, 11) is 0. The molecule has 0 unspecified atom stereocenters. The molecule has 0 atom stereocenters. The molecule has 0 aromatic rings. The summed E-state index contributed by atoms with van der Waals surface area (Å²) in [6.07, 6.45) is 0. The van der Waals surface area contributed by atoms with Gasteiger partial charge >= 0.3 is 0 Å². The lowest BCUT2D eigenvalue weighted by atomic mass is 10.0. The Morgan fingerprint density at radius 3 is 0.321 bits per heavy atom. The van der Waals surface area contributed by atoms with Crippen LogP contribution in [0.3, 0.4) is 0 Å². The Balaban J connectivity index is -0.0000000225. The van der Waals surface area contributed by atoms with Gasteiger partial charge in [-0.25, -0.2) is 0 Å². The van der Waals surface area contributed by atoms with E-state index in [9.17, 15) is 0 Å². The number of allylic oxidation sites excluding steroid dienone is 8. The molecule has 180 valence electrons. The van der Waals surface area contributed by atoms with E-state index in [1.165, 1.54) is 44.6 Å².